The monoisotopic (exact) mass is 417 g/mol. The van der Waals surface area contributed by atoms with Crippen LogP contribution in [0.5, 0.6) is 5.75 Å². The summed E-state index contributed by atoms with van der Waals surface area (Å²) in [5, 5.41) is 12.3. The molecular formula is C19H20ClN5O2S. The van der Waals surface area contributed by atoms with Gasteiger partial charge in [0.25, 0.3) is 0 Å². The first-order valence-electron chi connectivity index (χ1n) is 8.57. The van der Waals surface area contributed by atoms with Gasteiger partial charge >= 0.3 is 0 Å². The van der Waals surface area contributed by atoms with Crippen LogP contribution in [0, 0.1) is 0 Å². The molecule has 0 aliphatic heterocycles. The highest BCUT2D eigenvalue weighted by Crippen LogP contribution is 2.29. The Hall–Kier alpha value is -2.71. The average molecular weight is 418 g/mol. The van der Waals surface area contributed by atoms with Gasteiger partial charge in [0.2, 0.25) is 11.1 Å². The van der Waals surface area contributed by atoms with Crippen molar-refractivity contribution in [2.45, 2.75) is 18.1 Å². The predicted octanol–water partition coefficient (Wildman–Crippen LogP) is 3.12. The summed E-state index contributed by atoms with van der Waals surface area (Å²) in [5.41, 5.74) is 1.64. The third-order valence-electron chi connectivity index (χ3n) is 4.01. The molecule has 7 nitrogen and oxygen atoms in total. The second-order valence-electron chi connectivity index (χ2n) is 5.84. The van der Waals surface area contributed by atoms with Crippen LogP contribution in [0.2, 0.25) is 5.02 Å². The average Bonchev–Trinajstić information content (AvgIpc) is 3.07. The minimum absolute atomic E-state index is 0.0690. The van der Waals surface area contributed by atoms with E-state index < -0.39 is 0 Å². The molecule has 0 saturated carbocycles. The fraction of sp³-hybridized carbons (Fsp3) is 0.211. The highest BCUT2D eigenvalue weighted by atomic mass is 35.5. The molecule has 1 heterocycles. The minimum atomic E-state index is -0.0690. The number of nitrogens with two attached hydrogens (primary N) is 1. The maximum Gasteiger partial charge on any atom is 0.221 e. The Morgan fingerprint density at radius 1 is 1.21 bits per heavy atom. The van der Waals surface area contributed by atoms with Gasteiger partial charge in [-0.3, -0.25) is 4.79 Å². The van der Waals surface area contributed by atoms with E-state index >= 15 is 0 Å². The van der Waals surface area contributed by atoms with Gasteiger partial charge in [-0.15, -0.1) is 10.2 Å². The van der Waals surface area contributed by atoms with Gasteiger partial charge in [-0.2, -0.15) is 0 Å². The predicted molar refractivity (Wildman–Crippen MR) is 111 cm³/mol. The van der Waals surface area contributed by atoms with Crippen molar-refractivity contribution < 1.29 is 9.53 Å². The smallest absolute Gasteiger partial charge is 0.221 e. The molecule has 0 unspecified atom stereocenters. The molecule has 3 N–H and O–H groups in total. The van der Waals surface area contributed by atoms with Crippen molar-refractivity contribution in [2.24, 2.45) is 0 Å². The fourth-order valence-corrected chi connectivity index (χ4v) is 3.54. The lowest BCUT2D eigenvalue weighted by atomic mass is 10.2. The lowest BCUT2D eigenvalue weighted by molar-refractivity contribution is -0.120. The molecule has 0 fully saturated rings. The van der Waals surface area contributed by atoms with E-state index in [0.29, 0.717) is 40.5 Å². The van der Waals surface area contributed by atoms with E-state index in [9.17, 15) is 4.79 Å². The lowest BCUT2D eigenvalue weighted by Gasteiger charge is -2.08. The van der Waals surface area contributed by atoms with Crippen LogP contribution >= 0.6 is 23.4 Å². The molecule has 0 radical (unpaired) electrons. The van der Waals surface area contributed by atoms with Crippen molar-refractivity contribution in [3.05, 3.63) is 59.1 Å². The number of methoxy groups -OCH3 is 1. The molecule has 0 bridgehead atoms. The van der Waals surface area contributed by atoms with Crippen LogP contribution in [0.4, 0.5) is 0 Å². The van der Waals surface area contributed by atoms with Gasteiger partial charge < -0.3 is 15.9 Å². The second kappa shape index (κ2) is 9.48. The molecule has 0 atom stereocenters. The molecule has 0 saturated heterocycles. The number of aromatic nitrogens is 3. The summed E-state index contributed by atoms with van der Waals surface area (Å²) in [7, 11) is 1.59. The minimum Gasteiger partial charge on any atom is -0.496 e. The number of nitrogens with zero attached hydrogens (tertiary/aromatic N) is 3. The SMILES string of the molecule is COc1ccccc1-c1nnc(SCCC(=O)NCc2ccccc2Cl)n1N. The molecule has 9 heteroatoms. The normalized spacial score (nSPS) is 10.6. The molecule has 0 aliphatic rings. The number of hydrogen-bond acceptors (Lipinski definition) is 6. The Balaban J connectivity index is 1.53. The molecule has 2 aromatic carbocycles. The molecule has 28 heavy (non-hydrogen) atoms. The van der Waals surface area contributed by atoms with Crippen molar-refractivity contribution in [3.8, 4) is 17.1 Å². The third kappa shape index (κ3) is 4.76. The van der Waals surface area contributed by atoms with Crippen molar-refractivity contribution in [1.29, 1.82) is 0 Å². The number of nitrogen functional groups attached to an aromatic ring is 1. The Kier molecular flexibility index (Phi) is 6.78. The summed E-state index contributed by atoms with van der Waals surface area (Å²) in [6, 6.07) is 14.9. The van der Waals surface area contributed by atoms with E-state index in [1.54, 1.807) is 13.2 Å². The Morgan fingerprint density at radius 3 is 2.75 bits per heavy atom. The maximum absolute atomic E-state index is 12.1. The van der Waals surface area contributed by atoms with E-state index in [0.717, 1.165) is 11.1 Å². The van der Waals surface area contributed by atoms with Gasteiger partial charge in [0.1, 0.15) is 5.75 Å². The molecule has 1 aromatic heterocycles. The fourth-order valence-electron chi connectivity index (χ4n) is 2.55. The Bertz CT molecular complexity index is 963. The summed E-state index contributed by atoms with van der Waals surface area (Å²) in [4.78, 5) is 12.1. The zero-order chi connectivity index (χ0) is 19.9. The van der Waals surface area contributed by atoms with Crippen LogP contribution in [-0.2, 0) is 11.3 Å². The molecule has 0 spiro atoms. The van der Waals surface area contributed by atoms with Gasteiger partial charge in [-0.05, 0) is 23.8 Å². The van der Waals surface area contributed by atoms with Gasteiger partial charge in [0, 0.05) is 23.7 Å². The van der Waals surface area contributed by atoms with Crippen LogP contribution in [0.3, 0.4) is 0 Å². The zero-order valence-electron chi connectivity index (χ0n) is 15.3. The Labute approximate surface area is 172 Å². The van der Waals surface area contributed by atoms with Gasteiger partial charge in [-0.25, -0.2) is 4.68 Å². The number of ether oxygens (including phenoxy) is 1. The number of carbonyl (C=O) groups is 1. The molecule has 0 aliphatic carbocycles. The second-order valence-corrected chi connectivity index (χ2v) is 7.31. The summed E-state index contributed by atoms with van der Waals surface area (Å²) in [5.74, 6) is 7.75. The van der Waals surface area contributed by atoms with Gasteiger partial charge in [-0.1, -0.05) is 53.7 Å². The van der Waals surface area contributed by atoms with Crippen molar-refractivity contribution in [2.75, 3.05) is 18.7 Å². The largest absolute Gasteiger partial charge is 0.496 e. The highest BCUT2D eigenvalue weighted by Gasteiger charge is 2.16. The number of nitrogens with one attached hydrogen (secondary N) is 1. The number of para-hydroxylation sites is 1. The first-order valence-corrected chi connectivity index (χ1v) is 9.93. The van der Waals surface area contributed by atoms with E-state index in [1.807, 2.05) is 42.5 Å². The number of amides is 1. The van der Waals surface area contributed by atoms with E-state index in [1.165, 1.54) is 16.4 Å². The Morgan fingerprint density at radius 2 is 1.96 bits per heavy atom. The summed E-state index contributed by atoms with van der Waals surface area (Å²) < 4.78 is 6.75. The highest BCUT2D eigenvalue weighted by molar-refractivity contribution is 7.99. The summed E-state index contributed by atoms with van der Waals surface area (Å²) >= 11 is 7.45. The van der Waals surface area contributed by atoms with Crippen LogP contribution in [0.1, 0.15) is 12.0 Å². The van der Waals surface area contributed by atoms with Crippen molar-refractivity contribution >= 4 is 29.3 Å². The van der Waals surface area contributed by atoms with Crippen molar-refractivity contribution in [1.82, 2.24) is 20.2 Å². The number of thioether (sulfide) groups is 1. The van der Waals surface area contributed by atoms with Crippen LogP contribution in [-0.4, -0.2) is 33.6 Å². The zero-order valence-corrected chi connectivity index (χ0v) is 16.8. The topological polar surface area (TPSA) is 95.1 Å². The summed E-state index contributed by atoms with van der Waals surface area (Å²) in [6.07, 6.45) is 0.325. The number of carbonyl (C=O) groups excluding carboxylic acids is 1. The molecule has 146 valence electrons. The van der Waals surface area contributed by atoms with Gasteiger partial charge in [0.05, 0.1) is 12.7 Å². The van der Waals surface area contributed by atoms with Crippen LogP contribution in [0.25, 0.3) is 11.4 Å². The maximum atomic E-state index is 12.1. The van der Waals surface area contributed by atoms with Crippen molar-refractivity contribution in [3.63, 3.8) is 0 Å². The van der Waals surface area contributed by atoms with Gasteiger partial charge in [0.15, 0.2) is 5.82 Å². The number of rotatable bonds is 8. The van der Waals surface area contributed by atoms with Crippen LogP contribution in [0.15, 0.2) is 53.7 Å². The molecule has 3 rings (SSSR count). The third-order valence-corrected chi connectivity index (χ3v) is 5.32. The standard InChI is InChI=1S/C19H20ClN5O2S/c1-27-16-9-5-3-7-14(16)18-23-24-19(25(18)21)28-11-10-17(26)22-12-13-6-2-4-8-15(13)20/h2-9H,10-12,21H2,1H3,(H,22,26). The quantitative estimate of drug-likeness (QED) is 0.432. The number of benzene rings is 2. The number of halogens is 1. The number of hydrogen-bond donors (Lipinski definition) is 2. The first kappa shape index (κ1) is 20.0. The molecule has 3 aromatic rings. The van der Waals surface area contributed by atoms with Crippen LogP contribution < -0.4 is 15.9 Å². The first-order chi connectivity index (χ1) is 13.6. The molecule has 1 amide bonds. The summed E-state index contributed by atoms with van der Waals surface area (Å²) in [6.45, 7) is 0.397. The van der Waals surface area contributed by atoms with E-state index in [4.69, 9.17) is 22.2 Å². The van der Waals surface area contributed by atoms with E-state index in [2.05, 4.69) is 15.5 Å². The lowest BCUT2D eigenvalue weighted by Crippen LogP contribution is -2.23. The molecular weight excluding hydrogens is 398 g/mol. The van der Waals surface area contributed by atoms with E-state index in [-0.39, 0.29) is 5.91 Å².